The van der Waals surface area contributed by atoms with E-state index in [-0.39, 0.29) is 36.9 Å². The summed E-state index contributed by atoms with van der Waals surface area (Å²) in [5, 5.41) is 0. The maximum atomic E-state index is 13.1. The van der Waals surface area contributed by atoms with E-state index in [1.165, 1.54) is 0 Å². The Bertz CT molecular complexity index is 357. The van der Waals surface area contributed by atoms with Crippen LogP contribution in [0.25, 0.3) is 0 Å². The second kappa shape index (κ2) is 7.00. The average molecular weight is 295 g/mol. The first-order valence-corrected chi connectivity index (χ1v) is 4.18. The minimum atomic E-state index is -4.50. The van der Waals surface area contributed by atoms with E-state index < -0.39 is 23.6 Å². The average Bonchev–Trinajstić information content (AvgIpc) is 2.15. The van der Waals surface area contributed by atoms with Crippen molar-refractivity contribution < 1.29 is 17.6 Å². The standard InChI is InChI=1S/C9H10F4N2.2ClH/c10-7-2-1-5(9(11,12)13)3-6(7)8(15)4-14;;/h1-3,8H,4,14-15H2;2*1H/t8-;;/m0../s1. The molecule has 0 aliphatic rings. The Morgan fingerprint density at radius 2 is 1.71 bits per heavy atom. The molecule has 0 aliphatic carbocycles. The van der Waals surface area contributed by atoms with E-state index in [0.29, 0.717) is 12.1 Å². The number of hydrogen-bond acceptors (Lipinski definition) is 2. The van der Waals surface area contributed by atoms with E-state index in [2.05, 4.69) is 0 Å². The summed E-state index contributed by atoms with van der Waals surface area (Å²) in [6, 6.07) is 1.18. The van der Waals surface area contributed by atoms with Crippen molar-refractivity contribution >= 4 is 24.8 Å². The van der Waals surface area contributed by atoms with Crippen molar-refractivity contribution in [2.45, 2.75) is 12.2 Å². The van der Waals surface area contributed by atoms with Gasteiger partial charge >= 0.3 is 6.18 Å². The number of alkyl halides is 3. The molecule has 0 amide bonds. The predicted octanol–water partition coefficient (Wildman–Crippen LogP) is 2.65. The molecule has 1 rings (SSSR count). The number of hydrogen-bond donors (Lipinski definition) is 2. The fraction of sp³-hybridized carbons (Fsp3) is 0.333. The Labute approximate surface area is 108 Å². The van der Waals surface area contributed by atoms with Gasteiger partial charge in [0.15, 0.2) is 0 Å². The van der Waals surface area contributed by atoms with E-state index >= 15 is 0 Å². The second-order valence-corrected chi connectivity index (χ2v) is 3.08. The SMILES string of the molecule is Cl.Cl.NC[C@H](N)c1cc(C(F)(F)F)ccc1F. The molecule has 1 aromatic rings. The van der Waals surface area contributed by atoms with E-state index in [9.17, 15) is 17.6 Å². The maximum Gasteiger partial charge on any atom is 0.416 e. The van der Waals surface area contributed by atoms with Gasteiger partial charge in [-0.3, -0.25) is 0 Å². The van der Waals surface area contributed by atoms with Gasteiger partial charge in [0.2, 0.25) is 0 Å². The van der Waals surface area contributed by atoms with Crippen LogP contribution in [0.4, 0.5) is 17.6 Å². The first-order chi connectivity index (χ1) is 6.86. The van der Waals surface area contributed by atoms with Crippen LogP contribution in [-0.4, -0.2) is 6.54 Å². The van der Waals surface area contributed by atoms with Crippen LogP contribution in [0.1, 0.15) is 17.2 Å². The Morgan fingerprint density at radius 3 is 2.12 bits per heavy atom. The normalized spacial score (nSPS) is 12.4. The molecule has 0 heterocycles. The maximum absolute atomic E-state index is 13.1. The van der Waals surface area contributed by atoms with Gasteiger partial charge in [-0.2, -0.15) is 13.2 Å². The first kappa shape index (κ1) is 18.8. The van der Waals surface area contributed by atoms with Crippen LogP contribution in [0, 0.1) is 5.82 Å². The number of nitrogens with two attached hydrogens (primary N) is 2. The summed E-state index contributed by atoms with van der Waals surface area (Å²) in [5.41, 5.74) is 9.39. The molecule has 0 saturated carbocycles. The molecule has 0 bridgehead atoms. The summed E-state index contributed by atoms with van der Waals surface area (Å²) in [5.74, 6) is -0.777. The highest BCUT2D eigenvalue weighted by Gasteiger charge is 2.31. The molecule has 100 valence electrons. The monoisotopic (exact) mass is 294 g/mol. The lowest BCUT2D eigenvalue weighted by Gasteiger charge is -2.13. The molecule has 0 radical (unpaired) electrons. The third-order valence-electron chi connectivity index (χ3n) is 1.98. The van der Waals surface area contributed by atoms with E-state index in [1.54, 1.807) is 0 Å². The minimum absolute atomic E-state index is 0. The van der Waals surface area contributed by atoms with Crippen LogP contribution in [0.5, 0.6) is 0 Å². The van der Waals surface area contributed by atoms with Gasteiger partial charge in [0, 0.05) is 18.2 Å². The van der Waals surface area contributed by atoms with Gasteiger partial charge in [0.05, 0.1) is 5.56 Å². The summed E-state index contributed by atoms with van der Waals surface area (Å²) in [7, 11) is 0. The zero-order chi connectivity index (χ0) is 11.6. The molecular formula is C9H12Cl2F4N2. The Kier molecular flexibility index (Phi) is 7.74. The lowest BCUT2D eigenvalue weighted by Crippen LogP contribution is -2.22. The van der Waals surface area contributed by atoms with Crippen molar-refractivity contribution in [1.29, 1.82) is 0 Å². The zero-order valence-electron chi connectivity index (χ0n) is 8.50. The second-order valence-electron chi connectivity index (χ2n) is 3.08. The zero-order valence-corrected chi connectivity index (χ0v) is 10.1. The van der Waals surface area contributed by atoms with Crippen molar-refractivity contribution in [3.05, 3.63) is 35.1 Å². The Morgan fingerprint density at radius 1 is 1.18 bits per heavy atom. The van der Waals surface area contributed by atoms with Crippen LogP contribution in [-0.2, 0) is 6.18 Å². The van der Waals surface area contributed by atoms with Gasteiger partial charge in [-0.25, -0.2) is 4.39 Å². The molecule has 0 unspecified atom stereocenters. The third-order valence-corrected chi connectivity index (χ3v) is 1.98. The van der Waals surface area contributed by atoms with Crippen molar-refractivity contribution in [3.63, 3.8) is 0 Å². The molecule has 0 spiro atoms. The van der Waals surface area contributed by atoms with Crippen molar-refractivity contribution in [2.24, 2.45) is 11.5 Å². The largest absolute Gasteiger partial charge is 0.416 e. The predicted molar refractivity (Wildman–Crippen MR) is 61.9 cm³/mol. The minimum Gasteiger partial charge on any atom is -0.329 e. The van der Waals surface area contributed by atoms with Crippen LogP contribution in [0.15, 0.2) is 18.2 Å². The highest BCUT2D eigenvalue weighted by molar-refractivity contribution is 5.85. The number of benzene rings is 1. The van der Waals surface area contributed by atoms with Crippen LogP contribution in [0.2, 0.25) is 0 Å². The Hall–Kier alpha value is -0.560. The molecule has 0 aromatic heterocycles. The molecular weight excluding hydrogens is 283 g/mol. The van der Waals surface area contributed by atoms with Gasteiger partial charge < -0.3 is 11.5 Å². The summed E-state index contributed by atoms with van der Waals surface area (Å²) in [6.45, 7) is -0.113. The molecule has 1 aromatic carbocycles. The summed E-state index contributed by atoms with van der Waals surface area (Å²) >= 11 is 0. The molecule has 4 N–H and O–H groups in total. The van der Waals surface area contributed by atoms with Crippen molar-refractivity contribution in [1.82, 2.24) is 0 Å². The number of halogens is 6. The number of rotatable bonds is 2. The van der Waals surface area contributed by atoms with Gasteiger partial charge in [-0.15, -0.1) is 24.8 Å². The Balaban J connectivity index is 0. The van der Waals surface area contributed by atoms with Gasteiger partial charge in [-0.05, 0) is 18.2 Å². The van der Waals surface area contributed by atoms with Crippen molar-refractivity contribution in [2.75, 3.05) is 6.54 Å². The van der Waals surface area contributed by atoms with Crippen LogP contribution in [0.3, 0.4) is 0 Å². The van der Waals surface area contributed by atoms with Crippen LogP contribution >= 0.6 is 24.8 Å². The van der Waals surface area contributed by atoms with E-state index in [0.717, 1.165) is 6.07 Å². The molecule has 17 heavy (non-hydrogen) atoms. The highest BCUT2D eigenvalue weighted by atomic mass is 35.5. The molecule has 8 heteroatoms. The summed E-state index contributed by atoms with van der Waals surface area (Å²) < 4.78 is 49.9. The lowest BCUT2D eigenvalue weighted by atomic mass is 10.0. The van der Waals surface area contributed by atoms with Gasteiger partial charge in [0.25, 0.3) is 0 Å². The highest BCUT2D eigenvalue weighted by Crippen LogP contribution is 2.31. The fourth-order valence-electron chi connectivity index (χ4n) is 1.13. The first-order valence-electron chi connectivity index (χ1n) is 4.18. The molecule has 0 aliphatic heterocycles. The quantitative estimate of drug-likeness (QED) is 0.824. The fourth-order valence-corrected chi connectivity index (χ4v) is 1.13. The smallest absolute Gasteiger partial charge is 0.329 e. The van der Waals surface area contributed by atoms with E-state index in [1.807, 2.05) is 0 Å². The molecule has 2 nitrogen and oxygen atoms in total. The van der Waals surface area contributed by atoms with Crippen LogP contribution < -0.4 is 11.5 Å². The third kappa shape index (κ3) is 4.67. The summed E-state index contributed by atoms with van der Waals surface area (Å²) in [4.78, 5) is 0. The topological polar surface area (TPSA) is 52.0 Å². The lowest BCUT2D eigenvalue weighted by molar-refractivity contribution is -0.137. The van der Waals surface area contributed by atoms with E-state index in [4.69, 9.17) is 11.5 Å². The molecule has 1 atom stereocenters. The van der Waals surface area contributed by atoms with Crippen molar-refractivity contribution in [3.8, 4) is 0 Å². The van der Waals surface area contributed by atoms with Gasteiger partial charge in [0.1, 0.15) is 5.82 Å². The molecule has 0 saturated heterocycles. The van der Waals surface area contributed by atoms with Gasteiger partial charge in [-0.1, -0.05) is 0 Å². The summed E-state index contributed by atoms with van der Waals surface area (Å²) in [6.07, 6.45) is -4.50. The molecule has 0 fully saturated rings.